The summed E-state index contributed by atoms with van der Waals surface area (Å²) in [4.78, 5) is 39.8. The zero-order chi connectivity index (χ0) is 18.1. The van der Waals surface area contributed by atoms with Crippen LogP contribution in [0.4, 0.5) is 0 Å². The van der Waals surface area contributed by atoms with E-state index in [4.69, 9.17) is 5.11 Å². The monoisotopic (exact) mass is 344 g/mol. The van der Waals surface area contributed by atoms with Gasteiger partial charge in [-0.1, -0.05) is 12.1 Å². The molecular weight excluding hydrogens is 328 g/mol. The van der Waals surface area contributed by atoms with E-state index in [0.717, 1.165) is 0 Å². The molecule has 2 heterocycles. The molecule has 0 atom stereocenters. The van der Waals surface area contributed by atoms with Gasteiger partial charge in [0.1, 0.15) is 0 Å². The lowest BCUT2D eigenvalue weighted by Crippen LogP contribution is -2.36. The number of para-hydroxylation sites is 2. The molecule has 9 heteroatoms. The number of aromatic hydroxyl groups is 1. The van der Waals surface area contributed by atoms with Gasteiger partial charge in [0.2, 0.25) is 0 Å². The van der Waals surface area contributed by atoms with E-state index in [1.165, 1.54) is 9.20 Å². The first-order chi connectivity index (χ1) is 12.0. The number of amides is 1. The van der Waals surface area contributed by atoms with Crippen LogP contribution in [-0.2, 0) is 11.3 Å². The molecule has 25 heavy (non-hydrogen) atoms. The van der Waals surface area contributed by atoms with Crippen molar-refractivity contribution in [2.24, 2.45) is 0 Å². The second-order valence-corrected chi connectivity index (χ2v) is 5.38. The number of aliphatic carboxylic acids is 1. The van der Waals surface area contributed by atoms with Crippen molar-refractivity contribution >= 4 is 28.6 Å². The number of nitrogens with zero attached hydrogens (tertiary/aromatic N) is 3. The zero-order valence-electron chi connectivity index (χ0n) is 13.4. The third kappa shape index (κ3) is 2.69. The van der Waals surface area contributed by atoms with E-state index in [2.05, 4.69) is 10.3 Å². The number of hydrogen-bond donors (Lipinski definition) is 3. The van der Waals surface area contributed by atoms with Crippen molar-refractivity contribution in [2.45, 2.75) is 19.9 Å². The molecule has 0 saturated heterocycles. The lowest BCUT2D eigenvalue weighted by Gasteiger charge is -2.12. The molecule has 0 radical (unpaired) electrons. The van der Waals surface area contributed by atoms with E-state index < -0.39 is 28.7 Å². The predicted molar refractivity (Wildman–Crippen MR) is 88.9 cm³/mol. The maximum atomic E-state index is 12.7. The Labute approximate surface area is 141 Å². The molecule has 2 aromatic heterocycles. The molecule has 0 aliphatic heterocycles. The van der Waals surface area contributed by atoms with Gasteiger partial charge in [-0.15, -0.1) is 0 Å². The van der Waals surface area contributed by atoms with Crippen LogP contribution in [0.1, 0.15) is 23.7 Å². The smallest absolute Gasteiger partial charge is 0.305 e. The van der Waals surface area contributed by atoms with Gasteiger partial charge in [-0.05, 0) is 19.1 Å². The van der Waals surface area contributed by atoms with Crippen LogP contribution in [0.15, 0.2) is 29.1 Å². The topological polar surface area (TPSA) is 126 Å². The van der Waals surface area contributed by atoms with Gasteiger partial charge in [0.15, 0.2) is 17.0 Å². The molecule has 0 bridgehead atoms. The molecule has 3 N–H and O–H groups in total. The molecule has 0 spiro atoms. The first kappa shape index (κ1) is 16.5. The number of aryl methyl sites for hydroxylation is 1. The van der Waals surface area contributed by atoms with Gasteiger partial charge < -0.3 is 15.5 Å². The van der Waals surface area contributed by atoms with Crippen LogP contribution in [0.3, 0.4) is 0 Å². The van der Waals surface area contributed by atoms with Gasteiger partial charge in [0.05, 0.1) is 17.5 Å². The maximum absolute atomic E-state index is 12.7. The number of hydrogen-bond acceptors (Lipinski definition) is 5. The summed E-state index contributed by atoms with van der Waals surface area (Å²) < 4.78 is 2.78. The van der Waals surface area contributed by atoms with Gasteiger partial charge in [-0.2, -0.15) is 0 Å². The van der Waals surface area contributed by atoms with Gasteiger partial charge in [-0.25, -0.2) is 14.2 Å². The van der Waals surface area contributed by atoms with E-state index in [0.29, 0.717) is 11.0 Å². The van der Waals surface area contributed by atoms with Crippen molar-refractivity contribution < 1.29 is 19.8 Å². The van der Waals surface area contributed by atoms with Gasteiger partial charge in [0, 0.05) is 13.1 Å². The molecular formula is C16H16N4O5. The van der Waals surface area contributed by atoms with Gasteiger partial charge in [-0.3, -0.25) is 14.4 Å². The van der Waals surface area contributed by atoms with Crippen molar-refractivity contribution in [2.75, 3.05) is 6.54 Å². The summed E-state index contributed by atoms with van der Waals surface area (Å²) in [5, 5.41) is 21.4. The summed E-state index contributed by atoms with van der Waals surface area (Å²) >= 11 is 0. The van der Waals surface area contributed by atoms with Crippen LogP contribution in [0.25, 0.3) is 16.7 Å². The third-order valence-electron chi connectivity index (χ3n) is 3.83. The molecule has 1 aromatic carbocycles. The summed E-state index contributed by atoms with van der Waals surface area (Å²) in [7, 11) is 0. The highest BCUT2D eigenvalue weighted by atomic mass is 16.4. The number of aromatic nitrogens is 3. The van der Waals surface area contributed by atoms with Crippen LogP contribution in [0, 0.1) is 0 Å². The molecule has 130 valence electrons. The average Bonchev–Trinajstić information content (AvgIpc) is 2.95. The SMILES string of the molecule is CCn1c(=O)c(C(=O)NCCC(=O)O)c(O)c2nc3ccccc3n21. The molecule has 1 amide bonds. The summed E-state index contributed by atoms with van der Waals surface area (Å²) in [6.07, 6.45) is -0.288. The Bertz CT molecular complexity index is 1050. The van der Waals surface area contributed by atoms with Crippen molar-refractivity contribution in [1.29, 1.82) is 0 Å². The van der Waals surface area contributed by atoms with Crippen LogP contribution >= 0.6 is 0 Å². The number of carboxylic acids is 1. The number of imidazole rings is 1. The first-order valence-electron chi connectivity index (χ1n) is 7.69. The molecule has 0 aliphatic carbocycles. The van der Waals surface area contributed by atoms with Crippen molar-refractivity contribution in [3.8, 4) is 5.75 Å². The van der Waals surface area contributed by atoms with Crippen LogP contribution in [0.5, 0.6) is 5.75 Å². The largest absolute Gasteiger partial charge is 0.504 e. The Morgan fingerprint density at radius 3 is 2.68 bits per heavy atom. The maximum Gasteiger partial charge on any atom is 0.305 e. The van der Waals surface area contributed by atoms with Crippen LogP contribution in [0.2, 0.25) is 0 Å². The van der Waals surface area contributed by atoms with Gasteiger partial charge in [0.25, 0.3) is 11.5 Å². The Balaban J connectivity index is 2.20. The summed E-state index contributed by atoms with van der Waals surface area (Å²) in [6.45, 7) is 1.84. The molecule has 0 aliphatic rings. The van der Waals surface area contributed by atoms with E-state index in [9.17, 15) is 19.5 Å². The van der Waals surface area contributed by atoms with E-state index >= 15 is 0 Å². The van der Waals surface area contributed by atoms with Crippen molar-refractivity contribution in [3.63, 3.8) is 0 Å². The number of benzene rings is 1. The minimum Gasteiger partial charge on any atom is -0.504 e. The first-order valence-corrected chi connectivity index (χ1v) is 7.69. The molecule has 9 nitrogen and oxygen atoms in total. The molecule has 0 fully saturated rings. The average molecular weight is 344 g/mol. The second kappa shape index (κ2) is 6.27. The van der Waals surface area contributed by atoms with E-state index in [1.807, 2.05) is 0 Å². The number of rotatable bonds is 5. The number of nitrogens with one attached hydrogen (secondary N) is 1. The minimum absolute atomic E-state index is 0.0889. The van der Waals surface area contributed by atoms with E-state index in [-0.39, 0.29) is 25.2 Å². The summed E-state index contributed by atoms with van der Waals surface area (Å²) in [6, 6.07) is 7.05. The summed E-state index contributed by atoms with van der Waals surface area (Å²) in [5.41, 5.74) is 0.164. The van der Waals surface area contributed by atoms with Crippen molar-refractivity contribution in [3.05, 3.63) is 40.2 Å². The Morgan fingerprint density at radius 2 is 2.00 bits per heavy atom. The standard InChI is InChI=1S/C16H16N4O5/c1-2-19-16(25)12(15(24)17-8-7-11(21)22)13(23)14-18-9-5-3-4-6-10(9)20(14)19/h3-6,23H,2,7-8H2,1H3,(H,17,24)(H,21,22). The third-order valence-corrected chi connectivity index (χ3v) is 3.83. The highest BCUT2D eigenvalue weighted by molar-refractivity contribution is 5.99. The number of carbonyl (C=O) groups excluding carboxylic acids is 1. The Morgan fingerprint density at radius 1 is 1.28 bits per heavy atom. The highest BCUT2D eigenvalue weighted by Gasteiger charge is 2.24. The lowest BCUT2D eigenvalue weighted by atomic mass is 10.2. The minimum atomic E-state index is -1.08. The van der Waals surface area contributed by atoms with E-state index in [1.54, 1.807) is 31.2 Å². The number of carbonyl (C=O) groups is 2. The zero-order valence-corrected chi connectivity index (χ0v) is 13.4. The van der Waals surface area contributed by atoms with Crippen LogP contribution in [-0.4, -0.2) is 42.8 Å². The molecule has 0 unspecified atom stereocenters. The Kier molecular flexibility index (Phi) is 4.14. The quantitative estimate of drug-likeness (QED) is 0.621. The Hall–Kier alpha value is -3.36. The fraction of sp³-hybridized carbons (Fsp3) is 0.250. The predicted octanol–water partition coefficient (Wildman–Crippen LogP) is 0.579. The van der Waals surface area contributed by atoms with Crippen LogP contribution < -0.4 is 10.9 Å². The number of fused-ring (bicyclic) bond motifs is 3. The summed E-state index contributed by atoms with van der Waals surface area (Å²) in [5.74, 6) is -2.44. The van der Waals surface area contributed by atoms with Crippen molar-refractivity contribution in [1.82, 2.24) is 19.5 Å². The normalized spacial score (nSPS) is 11.1. The molecule has 0 saturated carbocycles. The highest BCUT2D eigenvalue weighted by Crippen LogP contribution is 2.24. The molecule has 3 rings (SSSR count). The molecule has 3 aromatic rings. The number of carboxylic acid groups (broad SMARTS) is 1. The lowest BCUT2D eigenvalue weighted by molar-refractivity contribution is -0.136. The van der Waals surface area contributed by atoms with Gasteiger partial charge >= 0.3 is 5.97 Å². The fourth-order valence-corrected chi connectivity index (χ4v) is 2.71. The fourth-order valence-electron chi connectivity index (χ4n) is 2.71. The second-order valence-electron chi connectivity index (χ2n) is 5.38.